The minimum Gasteiger partial charge on any atom is -0.377 e. The van der Waals surface area contributed by atoms with E-state index >= 15 is 0 Å². The van der Waals surface area contributed by atoms with Gasteiger partial charge in [-0.15, -0.1) is 0 Å². The number of halogens is 2. The second-order valence-corrected chi connectivity index (χ2v) is 6.17. The van der Waals surface area contributed by atoms with Crippen LogP contribution >= 0.6 is 27.5 Å². The molecule has 0 amide bonds. The van der Waals surface area contributed by atoms with Crippen LogP contribution in [-0.2, 0) is 0 Å². The van der Waals surface area contributed by atoms with Crippen LogP contribution in [0.3, 0.4) is 0 Å². The molecule has 0 saturated heterocycles. The molecule has 0 bridgehead atoms. The average Bonchev–Trinajstić information content (AvgIpc) is 2.35. The third kappa shape index (κ3) is 3.52. The lowest BCUT2D eigenvalue weighted by Gasteiger charge is -2.19. The van der Waals surface area contributed by atoms with Gasteiger partial charge in [-0.1, -0.05) is 51.3 Å². The fourth-order valence-electron chi connectivity index (χ4n) is 2.14. The number of nitrogens with one attached hydrogen (secondary N) is 1. The Labute approximate surface area is 128 Å². The van der Waals surface area contributed by atoms with Crippen molar-refractivity contribution in [3.05, 3.63) is 62.6 Å². The molecule has 2 aromatic carbocycles. The van der Waals surface area contributed by atoms with Gasteiger partial charge in [0.05, 0.1) is 10.7 Å². The van der Waals surface area contributed by atoms with E-state index in [-0.39, 0.29) is 6.04 Å². The number of anilines is 1. The van der Waals surface area contributed by atoms with Crippen molar-refractivity contribution < 1.29 is 0 Å². The van der Waals surface area contributed by atoms with Crippen molar-refractivity contribution in [3.8, 4) is 0 Å². The maximum Gasteiger partial charge on any atom is 0.0648 e. The smallest absolute Gasteiger partial charge is 0.0648 e. The Kier molecular flexibility index (Phi) is 4.54. The first-order valence-corrected chi connectivity index (χ1v) is 7.43. The molecule has 1 N–H and O–H groups in total. The summed E-state index contributed by atoms with van der Waals surface area (Å²) in [6, 6.07) is 12.6. The van der Waals surface area contributed by atoms with Crippen LogP contribution < -0.4 is 5.32 Å². The SMILES string of the molecule is Cc1ccc(C)c(C(C)Nc2ccc(Br)cc2Cl)c1. The number of rotatable bonds is 3. The average molecular weight is 339 g/mol. The van der Waals surface area contributed by atoms with Crippen LogP contribution in [0.5, 0.6) is 0 Å². The summed E-state index contributed by atoms with van der Waals surface area (Å²) in [7, 11) is 0. The van der Waals surface area contributed by atoms with Crippen LogP contribution in [0.4, 0.5) is 5.69 Å². The first-order valence-electron chi connectivity index (χ1n) is 6.26. The number of benzene rings is 2. The quantitative estimate of drug-likeness (QED) is 0.735. The summed E-state index contributed by atoms with van der Waals surface area (Å²) >= 11 is 9.66. The lowest BCUT2D eigenvalue weighted by atomic mass is 10.00. The molecule has 100 valence electrons. The van der Waals surface area contributed by atoms with Crippen LogP contribution in [0.25, 0.3) is 0 Å². The standard InChI is InChI=1S/C16H17BrClN/c1-10-4-5-11(2)14(8-10)12(3)19-16-7-6-13(17)9-15(16)18/h4-9,12,19H,1-3H3. The van der Waals surface area contributed by atoms with Crippen LogP contribution in [0, 0.1) is 13.8 Å². The first-order chi connectivity index (χ1) is 8.97. The Hall–Kier alpha value is -0.990. The summed E-state index contributed by atoms with van der Waals surface area (Å²) in [4.78, 5) is 0. The fourth-order valence-corrected chi connectivity index (χ4v) is 2.87. The molecular weight excluding hydrogens is 322 g/mol. The lowest BCUT2D eigenvalue weighted by Crippen LogP contribution is -2.08. The highest BCUT2D eigenvalue weighted by Gasteiger charge is 2.10. The number of hydrogen-bond acceptors (Lipinski definition) is 1. The minimum atomic E-state index is 0.221. The summed E-state index contributed by atoms with van der Waals surface area (Å²) in [6.07, 6.45) is 0. The van der Waals surface area contributed by atoms with Gasteiger partial charge in [-0.05, 0) is 50.1 Å². The Morgan fingerprint density at radius 1 is 1.11 bits per heavy atom. The van der Waals surface area contributed by atoms with Gasteiger partial charge in [0.2, 0.25) is 0 Å². The molecule has 1 nitrogen and oxygen atoms in total. The molecule has 2 rings (SSSR count). The van der Waals surface area contributed by atoms with Crippen molar-refractivity contribution in [1.29, 1.82) is 0 Å². The van der Waals surface area contributed by atoms with Crippen LogP contribution in [0.2, 0.25) is 5.02 Å². The van der Waals surface area contributed by atoms with Crippen molar-refractivity contribution in [2.24, 2.45) is 0 Å². The van der Waals surface area contributed by atoms with E-state index in [1.165, 1.54) is 16.7 Å². The van der Waals surface area contributed by atoms with Crippen molar-refractivity contribution in [1.82, 2.24) is 0 Å². The molecule has 0 saturated carbocycles. The van der Waals surface area contributed by atoms with Crippen molar-refractivity contribution in [2.45, 2.75) is 26.8 Å². The van der Waals surface area contributed by atoms with Crippen molar-refractivity contribution in [2.75, 3.05) is 5.32 Å². The van der Waals surface area contributed by atoms with Gasteiger partial charge in [-0.25, -0.2) is 0 Å². The van der Waals surface area contributed by atoms with E-state index in [0.717, 1.165) is 15.2 Å². The predicted molar refractivity (Wildman–Crippen MR) is 87.1 cm³/mol. The summed E-state index contributed by atoms with van der Waals surface area (Å²) in [6.45, 7) is 6.40. The molecule has 2 aromatic rings. The molecule has 19 heavy (non-hydrogen) atoms. The van der Waals surface area contributed by atoms with Gasteiger partial charge in [0, 0.05) is 10.5 Å². The molecule has 0 aliphatic heterocycles. The summed E-state index contributed by atoms with van der Waals surface area (Å²) in [5, 5.41) is 4.20. The van der Waals surface area contributed by atoms with E-state index in [1.54, 1.807) is 0 Å². The normalized spacial score (nSPS) is 12.3. The Balaban J connectivity index is 2.25. The van der Waals surface area contributed by atoms with Gasteiger partial charge < -0.3 is 5.32 Å². The summed E-state index contributed by atoms with van der Waals surface area (Å²) < 4.78 is 0.988. The molecule has 0 radical (unpaired) electrons. The third-order valence-electron chi connectivity index (χ3n) is 3.20. The van der Waals surface area contributed by atoms with Gasteiger partial charge in [0.25, 0.3) is 0 Å². The maximum atomic E-state index is 6.24. The highest BCUT2D eigenvalue weighted by molar-refractivity contribution is 9.10. The van der Waals surface area contributed by atoms with Gasteiger partial charge in [0.15, 0.2) is 0 Å². The monoisotopic (exact) mass is 337 g/mol. The van der Waals surface area contributed by atoms with Gasteiger partial charge in [-0.2, -0.15) is 0 Å². The van der Waals surface area contributed by atoms with E-state index in [2.05, 4.69) is 60.2 Å². The molecule has 0 aromatic heterocycles. The zero-order valence-corrected chi connectivity index (χ0v) is 13.6. The predicted octanol–water partition coefficient (Wildman–Crippen LogP) is 5.89. The second kappa shape index (κ2) is 5.98. The second-order valence-electron chi connectivity index (χ2n) is 4.85. The summed E-state index contributed by atoms with van der Waals surface area (Å²) in [5.41, 5.74) is 4.83. The molecule has 0 fully saturated rings. The van der Waals surface area contributed by atoms with Crippen LogP contribution in [0.15, 0.2) is 40.9 Å². The number of aryl methyl sites for hydroxylation is 2. The highest BCUT2D eigenvalue weighted by Crippen LogP contribution is 2.30. The maximum absolute atomic E-state index is 6.24. The lowest BCUT2D eigenvalue weighted by molar-refractivity contribution is 0.872. The molecule has 0 heterocycles. The molecule has 0 spiro atoms. The fraction of sp³-hybridized carbons (Fsp3) is 0.250. The molecule has 1 atom stereocenters. The Morgan fingerprint density at radius 2 is 1.84 bits per heavy atom. The summed E-state index contributed by atoms with van der Waals surface area (Å²) in [5.74, 6) is 0. The largest absolute Gasteiger partial charge is 0.377 e. The molecule has 3 heteroatoms. The van der Waals surface area contributed by atoms with E-state index in [9.17, 15) is 0 Å². The molecule has 0 aliphatic rings. The van der Waals surface area contributed by atoms with E-state index in [1.807, 2.05) is 18.2 Å². The zero-order chi connectivity index (χ0) is 14.0. The minimum absolute atomic E-state index is 0.221. The molecule has 0 aliphatic carbocycles. The van der Waals surface area contributed by atoms with Gasteiger partial charge >= 0.3 is 0 Å². The van der Waals surface area contributed by atoms with Gasteiger partial charge in [-0.3, -0.25) is 0 Å². The Bertz CT molecular complexity index is 595. The number of hydrogen-bond donors (Lipinski definition) is 1. The molecule has 1 unspecified atom stereocenters. The highest BCUT2D eigenvalue weighted by atomic mass is 79.9. The van der Waals surface area contributed by atoms with E-state index in [0.29, 0.717) is 0 Å². The van der Waals surface area contributed by atoms with Gasteiger partial charge in [0.1, 0.15) is 0 Å². The van der Waals surface area contributed by atoms with Crippen LogP contribution in [-0.4, -0.2) is 0 Å². The van der Waals surface area contributed by atoms with Crippen molar-refractivity contribution >= 4 is 33.2 Å². The zero-order valence-electron chi connectivity index (χ0n) is 11.3. The van der Waals surface area contributed by atoms with Crippen molar-refractivity contribution in [3.63, 3.8) is 0 Å². The topological polar surface area (TPSA) is 12.0 Å². The van der Waals surface area contributed by atoms with E-state index in [4.69, 9.17) is 11.6 Å². The first kappa shape index (κ1) is 14.4. The van der Waals surface area contributed by atoms with E-state index < -0.39 is 0 Å². The molecular formula is C16H17BrClN. The third-order valence-corrected chi connectivity index (χ3v) is 4.01. The van der Waals surface area contributed by atoms with Crippen LogP contribution in [0.1, 0.15) is 29.7 Å². The Morgan fingerprint density at radius 3 is 2.53 bits per heavy atom.